The van der Waals surface area contributed by atoms with Crippen LogP contribution in [-0.4, -0.2) is 13.4 Å². The average Bonchev–Trinajstić information content (AvgIpc) is 2.63. The molecule has 8 heteroatoms. The molecule has 0 saturated carbocycles. The summed E-state index contributed by atoms with van der Waals surface area (Å²) in [6.07, 6.45) is 0. The lowest BCUT2D eigenvalue weighted by Crippen LogP contribution is -2.13. The lowest BCUT2D eigenvalue weighted by molar-refractivity contribution is 0.602. The predicted octanol–water partition coefficient (Wildman–Crippen LogP) is 3.87. The summed E-state index contributed by atoms with van der Waals surface area (Å²) in [5.74, 6) is 0. The van der Waals surface area contributed by atoms with Gasteiger partial charge in [-0.25, -0.2) is 13.4 Å². The van der Waals surface area contributed by atoms with Crippen molar-refractivity contribution in [2.75, 3.05) is 4.72 Å². The normalized spacial score (nSPS) is 11.6. The van der Waals surface area contributed by atoms with Crippen LogP contribution < -0.4 is 4.72 Å². The fourth-order valence-corrected chi connectivity index (χ4v) is 4.54. The second-order valence-corrected chi connectivity index (χ2v) is 7.79. The Labute approximate surface area is 125 Å². The molecule has 0 aliphatic rings. The summed E-state index contributed by atoms with van der Waals surface area (Å²) in [5, 5.41) is 0.336. The van der Waals surface area contributed by atoms with E-state index in [0.29, 0.717) is 16.4 Å². The first-order valence-electron chi connectivity index (χ1n) is 5.21. The van der Waals surface area contributed by atoms with Crippen molar-refractivity contribution in [2.45, 2.75) is 18.1 Å². The topological polar surface area (TPSA) is 59.1 Å². The van der Waals surface area contributed by atoms with E-state index in [-0.39, 0.29) is 8.68 Å². The zero-order chi connectivity index (χ0) is 14.2. The van der Waals surface area contributed by atoms with Gasteiger partial charge < -0.3 is 0 Å². The molecule has 0 unspecified atom stereocenters. The first kappa shape index (κ1) is 14.6. The smallest absolute Gasteiger partial charge is 0.273 e. The maximum Gasteiger partial charge on any atom is 0.273 e. The molecule has 1 heterocycles. The van der Waals surface area contributed by atoms with Crippen molar-refractivity contribution in [1.82, 2.24) is 4.98 Å². The molecule has 0 aliphatic carbocycles. The number of nitrogens with one attached hydrogen (secondary N) is 1. The van der Waals surface area contributed by atoms with Gasteiger partial charge in [0.25, 0.3) is 10.0 Å². The van der Waals surface area contributed by atoms with Crippen LogP contribution in [0.25, 0.3) is 0 Å². The van der Waals surface area contributed by atoms with Crippen LogP contribution in [0.15, 0.2) is 22.4 Å². The van der Waals surface area contributed by atoms with Gasteiger partial charge in [-0.1, -0.05) is 40.6 Å². The molecule has 1 N–H and O–H groups in total. The predicted molar refractivity (Wildman–Crippen MR) is 78.9 cm³/mol. The lowest BCUT2D eigenvalue weighted by atomic mass is 10.2. The van der Waals surface area contributed by atoms with Crippen molar-refractivity contribution in [1.29, 1.82) is 0 Å². The maximum atomic E-state index is 12.2. The van der Waals surface area contributed by atoms with Crippen molar-refractivity contribution in [3.8, 4) is 0 Å². The number of aromatic nitrogens is 1. The van der Waals surface area contributed by atoms with E-state index in [2.05, 4.69) is 9.71 Å². The van der Waals surface area contributed by atoms with Crippen molar-refractivity contribution >= 4 is 50.2 Å². The molecular formula is C11H10Cl2N2O2S2. The molecule has 2 aromatic rings. The third-order valence-electron chi connectivity index (χ3n) is 2.34. The van der Waals surface area contributed by atoms with Gasteiger partial charge >= 0.3 is 0 Å². The van der Waals surface area contributed by atoms with Crippen molar-refractivity contribution in [3.63, 3.8) is 0 Å². The summed E-state index contributed by atoms with van der Waals surface area (Å²) < 4.78 is 27.2. The van der Waals surface area contributed by atoms with Crippen molar-refractivity contribution in [3.05, 3.63) is 38.9 Å². The highest BCUT2D eigenvalue weighted by Crippen LogP contribution is 2.30. The first-order valence-corrected chi connectivity index (χ1v) is 8.27. The quantitative estimate of drug-likeness (QED) is 0.925. The van der Waals surface area contributed by atoms with Crippen LogP contribution in [0.1, 0.15) is 11.3 Å². The average molecular weight is 337 g/mol. The maximum absolute atomic E-state index is 12.2. The Morgan fingerprint density at radius 3 is 2.53 bits per heavy atom. The van der Waals surface area contributed by atoms with E-state index in [1.165, 1.54) is 0 Å². The van der Waals surface area contributed by atoms with E-state index in [4.69, 9.17) is 23.2 Å². The molecule has 2 rings (SSSR count). The van der Waals surface area contributed by atoms with Crippen LogP contribution in [0.2, 0.25) is 9.49 Å². The second-order valence-electron chi connectivity index (χ2n) is 3.93. The minimum Gasteiger partial charge on any atom is -0.277 e. The number of benzene rings is 1. The number of halogens is 2. The third kappa shape index (κ3) is 3.20. The SMILES string of the molecule is Cc1ccc(Cl)c(NS(=O)(=O)c2sc(Cl)nc2C)c1. The fourth-order valence-electron chi connectivity index (χ4n) is 1.51. The van der Waals surface area contributed by atoms with Gasteiger partial charge in [-0.05, 0) is 31.5 Å². The number of nitrogens with zero attached hydrogens (tertiary/aromatic N) is 1. The zero-order valence-corrected chi connectivity index (χ0v) is 13.2. The lowest BCUT2D eigenvalue weighted by Gasteiger charge is -2.09. The highest BCUT2D eigenvalue weighted by molar-refractivity contribution is 7.94. The largest absolute Gasteiger partial charge is 0.277 e. The van der Waals surface area contributed by atoms with Crippen LogP contribution in [0, 0.1) is 13.8 Å². The highest BCUT2D eigenvalue weighted by atomic mass is 35.5. The molecule has 1 aromatic carbocycles. The van der Waals surface area contributed by atoms with E-state index >= 15 is 0 Å². The Balaban J connectivity index is 2.42. The van der Waals surface area contributed by atoms with Gasteiger partial charge in [-0.15, -0.1) is 0 Å². The summed E-state index contributed by atoms with van der Waals surface area (Å²) >= 11 is 12.6. The Morgan fingerprint density at radius 1 is 1.26 bits per heavy atom. The van der Waals surface area contributed by atoms with Crippen LogP contribution in [0.5, 0.6) is 0 Å². The van der Waals surface area contributed by atoms with Gasteiger partial charge in [-0.2, -0.15) is 0 Å². The highest BCUT2D eigenvalue weighted by Gasteiger charge is 2.22. The monoisotopic (exact) mass is 336 g/mol. The molecule has 0 fully saturated rings. The number of anilines is 1. The zero-order valence-electron chi connectivity index (χ0n) is 10.1. The Hall–Kier alpha value is -0.820. The summed E-state index contributed by atoms with van der Waals surface area (Å²) in [7, 11) is -3.73. The number of sulfonamides is 1. The van der Waals surface area contributed by atoms with Crippen LogP contribution in [0.3, 0.4) is 0 Å². The van der Waals surface area contributed by atoms with Crippen molar-refractivity contribution in [2.24, 2.45) is 0 Å². The molecule has 19 heavy (non-hydrogen) atoms. The minimum absolute atomic E-state index is 0.0927. The summed E-state index contributed by atoms with van der Waals surface area (Å²) in [6, 6.07) is 5.11. The molecule has 0 bridgehead atoms. The van der Waals surface area contributed by atoms with Gasteiger partial charge in [-0.3, -0.25) is 4.72 Å². The number of aryl methyl sites for hydroxylation is 2. The van der Waals surface area contributed by atoms with Gasteiger partial charge in [0.15, 0.2) is 8.68 Å². The molecule has 0 spiro atoms. The number of hydrogen-bond donors (Lipinski definition) is 1. The van der Waals surface area contributed by atoms with Gasteiger partial charge in [0.2, 0.25) is 0 Å². The van der Waals surface area contributed by atoms with E-state index < -0.39 is 10.0 Å². The number of rotatable bonds is 3. The fraction of sp³-hybridized carbons (Fsp3) is 0.182. The Kier molecular flexibility index (Phi) is 4.06. The summed E-state index contributed by atoms with van der Waals surface area (Å²) in [5.41, 5.74) is 1.61. The molecule has 0 atom stereocenters. The first-order chi connectivity index (χ1) is 8.79. The second kappa shape index (κ2) is 5.28. The van der Waals surface area contributed by atoms with E-state index in [0.717, 1.165) is 16.9 Å². The molecule has 0 amide bonds. The molecule has 0 radical (unpaired) electrons. The standard InChI is InChI=1S/C11H10Cl2N2O2S2/c1-6-3-4-8(12)9(5-6)15-19(16,17)10-7(2)14-11(13)18-10/h3-5,15H,1-2H3. The van der Waals surface area contributed by atoms with Gasteiger partial charge in [0.05, 0.1) is 16.4 Å². The molecular weight excluding hydrogens is 327 g/mol. The minimum atomic E-state index is -3.73. The van der Waals surface area contributed by atoms with Gasteiger partial charge in [0.1, 0.15) is 0 Å². The van der Waals surface area contributed by atoms with Crippen LogP contribution in [-0.2, 0) is 10.0 Å². The number of hydrogen-bond acceptors (Lipinski definition) is 4. The van der Waals surface area contributed by atoms with Crippen LogP contribution >= 0.6 is 34.5 Å². The molecule has 1 aromatic heterocycles. The Bertz CT molecular complexity index is 726. The Morgan fingerprint density at radius 2 is 1.95 bits per heavy atom. The molecule has 0 saturated heterocycles. The third-order valence-corrected chi connectivity index (χ3v) is 5.90. The van der Waals surface area contributed by atoms with E-state index in [9.17, 15) is 8.42 Å². The summed E-state index contributed by atoms with van der Waals surface area (Å²) in [4.78, 5) is 3.89. The van der Waals surface area contributed by atoms with E-state index in [1.807, 2.05) is 6.92 Å². The molecule has 102 valence electrons. The number of thiazole rings is 1. The molecule has 0 aliphatic heterocycles. The van der Waals surface area contributed by atoms with Crippen LogP contribution in [0.4, 0.5) is 5.69 Å². The summed E-state index contributed by atoms with van der Waals surface area (Å²) in [6.45, 7) is 3.44. The molecule has 4 nitrogen and oxygen atoms in total. The van der Waals surface area contributed by atoms with Gasteiger partial charge in [0, 0.05) is 0 Å². The van der Waals surface area contributed by atoms with Crippen molar-refractivity contribution < 1.29 is 8.42 Å². The van der Waals surface area contributed by atoms with E-state index in [1.54, 1.807) is 25.1 Å².